The molecule has 0 aromatic carbocycles. The molecule has 17 heavy (non-hydrogen) atoms. The second kappa shape index (κ2) is 5.83. The van der Waals surface area contributed by atoms with Gasteiger partial charge in [-0.05, 0) is 25.9 Å². The van der Waals surface area contributed by atoms with Crippen LogP contribution in [0.15, 0.2) is 0 Å². The van der Waals surface area contributed by atoms with Crippen LogP contribution in [0.4, 0.5) is 0 Å². The summed E-state index contributed by atoms with van der Waals surface area (Å²) in [6.45, 7) is 10.3. The van der Waals surface area contributed by atoms with Gasteiger partial charge in [-0.25, -0.2) is 0 Å². The molecule has 2 aliphatic heterocycles. The van der Waals surface area contributed by atoms with Crippen LogP contribution in [0.5, 0.6) is 0 Å². The Morgan fingerprint density at radius 3 is 3.00 bits per heavy atom. The summed E-state index contributed by atoms with van der Waals surface area (Å²) in [4.78, 5) is 16.9. The van der Waals surface area contributed by atoms with Crippen molar-refractivity contribution in [2.75, 3.05) is 39.3 Å². The highest BCUT2D eigenvalue weighted by molar-refractivity contribution is 5.79. The molecule has 2 atom stereocenters. The van der Waals surface area contributed by atoms with E-state index in [1.807, 2.05) is 6.92 Å². The standard InChI is InChI=1S/C13H25N3O/c1-3-15-7-4-5-12(10-15)16-8-6-14-9-11(2)13(16)17/h11-12,14H,3-10H2,1-2H3. The molecule has 2 fully saturated rings. The summed E-state index contributed by atoms with van der Waals surface area (Å²) < 4.78 is 0. The first-order valence-electron chi connectivity index (χ1n) is 6.96. The Balaban J connectivity index is 2.01. The molecule has 0 aliphatic carbocycles. The van der Waals surface area contributed by atoms with Crippen molar-refractivity contribution in [3.05, 3.63) is 0 Å². The van der Waals surface area contributed by atoms with E-state index in [1.165, 1.54) is 19.4 Å². The van der Waals surface area contributed by atoms with E-state index in [2.05, 4.69) is 22.0 Å². The second-order valence-corrected chi connectivity index (χ2v) is 5.33. The third-order valence-electron chi connectivity index (χ3n) is 4.05. The predicted molar refractivity (Wildman–Crippen MR) is 68.9 cm³/mol. The SMILES string of the molecule is CCN1CCCC(N2CCNCC(C)C2=O)C1. The number of nitrogens with zero attached hydrogens (tertiary/aromatic N) is 2. The Labute approximate surface area is 104 Å². The summed E-state index contributed by atoms with van der Waals surface area (Å²) in [7, 11) is 0. The Morgan fingerprint density at radius 2 is 2.24 bits per heavy atom. The molecule has 0 aromatic heterocycles. The van der Waals surface area contributed by atoms with E-state index < -0.39 is 0 Å². The van der Waals surface area contributed by atoms with E-state index in [9.17, 15) is 4.79 Å². The van der Waals surface area contributed by atoms with Crippen molar-refractivity contribution in [3.63, 3.8) is 0 Å². The van der Waals surface area contributed by atoms with Crippen LogP contribution in [-0.4, -0.2) is 61.0 Å². The van der Waals surface area contributed by atoms with Crippen LogP contribution in [0.3, 0.4) is 0 Å². The van der Waals surface area contributed by atoms with Gasteiger partial charge in [0.25, 0.3) is 0 Å². The molecule has 2 heterocycles. The van der Waals surface area contributed by atoms with E-state index in [-0.39, 0.29) is 5.92 Å². The highest BCUT2D eigenvalue weighted by Crippen LogP contribution is 2.18. The molecule has 0 bridgehead atoms. The summed E-state index contributed by atoms with van der Waals surface area (Å²) in [5.74, 6) is 0.479. The summed E-state index contributed by atoms with van der Waals surface area (Å²) in [5, 5.41) is 3.35. The van der Waals surface area contributed by atoms with Crippen LogP contribution in [0.2, 0.25) is 0 Å². The van der Waals surface area contributed by atoms with Gasteiger partial charge in [0.05, 0.1) is 0 Å². The zero-order chi connectivity index (χ0) is 12.3. The third-order valence-corrected chi connectivity index (χ3v) is 4.05. The monoisotopic (exact) mass is 239 g/mol. The molecule has 2 aliphatic rings. The summed E-state index contributed by atoms with van der Waals surface area (Å²) in [5.41, 5.74) is 0. The van der Waals surface area contributed by atoms with E-state index in [4.69, 9.17) is 0 Å². The minimum atomic E-state index is 0.134. The van der Waals surface area contributed by atoms with Gasteiger partial charge in [0.2, 0.25) is 5.91 Å². The number of rotatable bonds is 2. The van der Waals surface area contributed by atoms with Crippen molar-refractivity contribution in [2.45, 2.75) is 32.7 Å². The van der Waals surface area contributed by atoms with Crippen LogP contribution in [0.25, 0.3) is 0 Å². The van der Waals surface area contributed by atoms with Crippen molar-refractivity contribution < 1.29 is 4.79 Å². The molecule has 2 saturated heterocycles. The van der Waals surface area contributed by atoms with Gasteiger partial charge in [0.15, 0.2) is 0 Å². The van der Waals surface area contributed by atoms with Crippen LogP contribution >= 0.6 is 0 Å². The zero-order valence-corrected chi connectivity index (χ0v) is 11.1. The minimum Gasteiger partial charge on any atom is -0.337 e. The quantitative estimate of drug-likeness (QED) is 0.764. The number of piperidine rings is 1. The maximum atomic E-state index is 12.3. The second-order valence-electron chi connectivity index (χ2n) is 5.33. The van der Waals surface area contributed by atoms with Crippen molar-refractivity contribution in [3.8, 4) is 0 Å². The highest BCUT2D eigenvalue weighted by atomic mass is 16.2. The smallest absolute Gasteiger partial charge is 0.227 e. The average Bonchev–Trinajstić information content (AvgIpc) is 2.53. The number of likely N-dealkylation sites (N-methyl/N-ethyl adjacent to an activating group) is 1. The van der Waals surface area contributed by atoms with E-state index in [0.717, 1.165) is 32.7 Å². The van der Waals surface area contributed by atoms with Crippen LogP contribution in [-0.2, 0) is 4.79 Å². The maximum absolute atomic E-state index is 12.3. The lowest BCUT2D eigenvalue weighted by Gasteiger charge is -2.39. The van der Waals surface area contributed by atoms with Gasteiger partial charge in [-0.1, -0.05) is 13.8 Å². The van der Waals surface area contributed by atoms with E-state index in [0.29, 0.717) is 11.9 Å². The lowest BCUT2D eigenvalue weighted by molar-refractivity contribution is -0.137. The fourth-order valence-electron chi connectivity index (χ4n) is 2.93. The zero-order valence-electron chi connectivity index (χ0n) is 11.1. The van der Waals surface area contributed by atoms with Crippen LogP contribution in [0.1, 0.15) is 26.7 Å². The molecule has 1 amide bonds. The number of hydrogen-bond donors (Lipinski definition) is 1. The van der Waals surface area contributed by atoms with Crippen molar-refractivity contribution in [1.29, 1.82) is 0 Å². The topological polar surface area (TPSA) is 35.6 Å². The Bertz CT molecular complexity index is 269. The molecule has 0 spiro atoms. The fourth-order valence-corrected chi connectivity index (χ4v) is 2.93. The molecule has 0 radical (unpaired) electrons. The van der Waals surface area contributed by atoms with Crippen molar-refractivity contribution in [1.82, 2.24) is 15.1 Å². The number of amides is 1. The molecular formula is C13H25N3O. The number of nitrogens with one attached hydrogen (secondary N) is 1. The Kier molecular flexibility index (Phi) is 4.40. The van der Waals surface area contributed by atoms with Gasteiger partial charge in [0.1, 0.15) is 0 Å². The Morgan fingerprint density at radius 1 is 1.41 bits per heavy atom. The van der Waals surface area contributed by atoms with Crippen molar-refractivity contribution >= 4 is 5.91 Å². The molecule has 4 nitrogen and oxygen atoms in total. The summed E-state index contributed by atoms with van der Waals surface area (Å²) in [6.07, 6.45) is 2.40. The largest absolute Gasteiger partial charge is 0.337 e. The summed E-state index contributed by atoms with van der Waals surface area (Å²) >= 11 is 0. The van der Waals surface area contributed by atoms with Crippen LogP contribution < -0.4 is 5.32 Å². The van der Waals surface area contributed by atoms with E-state index in [1.54, 1.807) is 0 Å². The van der Waals surface area contributed by atoms with Crippen LogP contribution in [0, 0.1) is 5.92 Å². The van der Waals surface area contributed by atoms with Gasteiger partial charge in [-0.15, -0.1) is 0 Å². The number of carbonyl (C=O) groups excluding carboxylic acids is 1. The predicted octanol–water partition coefficient (Wildman–Crippen LogP) is 0.539. The first kappa shape index (κ1) is 12.8. The molecular weight excluding hydrogens is 214 g/mol. The number of carbonyl (C=O) groups is 1. The normalized spacial score (nSPS) is 32.6. The van der Waals surface area contributed by atoms with Gasteiger partial charge in [0, 0.05) is 38.1 Å². The van der Waals surface area contributed by atoms with Gasteiger partial charge >= 0.3 is 0 Å². The average molecular weight is 239 g/mol. The highest BCUT2D eigenvalue weighted by Gasteiger charge is 2.31. The van der Waals surface area contributed by atoms with Gasteiger partial charge < -0.3 is 15.1 Å². The molecule has 1 N–H and O–H groups in total. The molecule has 2 unspecified atom stereocenters. The lowest BCUT2D eigenvalue weighted by atomic mass is 10.0. The lowest BCUT2D eigenvalue weighted by Crippen LogP contribution is -2.51. The third kappa shape index (κ3) is 2.99. The maximum Gasteiger partial charge on any atom is 0.227 e. The summed E-state index contributed by atoms with van der Waals surface area (Å²) in [6, 6.07) is 0.443. The first-order chi connectivity index (χ1) is 8.22. The fraction of sp³-hybridized carbons (Fsp3) is 0.923. The molecule has 2 rings (SSSR count). The number of hydrogen-bond acceptors (Lipinski definition) is 3. The van der Waals surface area contributed by atoms with Gasteiger partial charge in [-0.3, -0.25) is 4.79 Å². The van der Waals surface area contributed by atoms with Crippen molar-refractivity contribution in [2.24, 2.45) is 5.92 Å². The minimum absolute atomic E-state index is 0.134. The molecule has 98 valence electrons. The van der Waals surface area contributed by atoms with Gasteiger partial charge in [-0.2, -0.15) is 0 Å². The number of likely N-dealkylation sites (tertiary alicyclic amines) is 1. The Hall–Kier alpha value is -0.610. The first-order valence-corrected chi connectivity index (χ1v) is 6.96. The molecule has 0 saturated carbocycles. The van der Waals surface area contributed by atoms with E-state index >= 15 is 0 Å². The molecule has 0 aromatic rings. The molecule has 4 heteroatoms.